The third-order valence-corrected chi connectivity index (χ3v) is 5.55. The van der Waals surface area contributed by atoms with Gasteiger partial charge in [0.2, 0.25) is 5.95 Å². The van der Waals surface area contributed by atoms with Crippen molar-refractivity contribution in [3.05, 3.63) is 12.1 Å². The van der Waals surface area contributed by atoms with E-state index in [1.54, 1.807) is 0 Å². The molecule has 5 rings (SSSR count). The van der Waals surface area contributed by atoms with Crippen LogP contribution < -0.4 is 15.0 Å². The topological polar surface area (TPSA) is 88.9 Å². The van der Waals surface area contributed by atoms with Crippen molar-refractivity contribution < 1.29 is 19.4 Å². The molecular weight excluding hydrogens is 348 g/mol. The van der Waals surface area contributed by atoms with Gasteiger partial charge in [-0.3, -0.25) is 0 Å². The summed E-state index contributed by atoms with van der Waals surface area (Å²) in [6.45, 7) is 4.58. The second-order valence-electron chi connectivity index (χ2n) is 7.50. The van der Waals surface area contributed by atoms with Crippen molar-refractivity contribution in [2.24, 2.45) is 5.92 Å². The number of ether oxygens (including phenoxy) is 2. The molecule has 1 saturated heterocycles. The number of rotatable bonds is 5. The third-order valence-electron chi connectivity index (χ3n) is 5.55. The highest BCUT2D eigenvalue weighted by atomic mass is 16.5. The first-order valence-corrected chi connectivity index (χ1v) is 9.70. The van der Waals surface area contributed by atoms with Gasteiger partial charge in [-0.15, -0.1) is 0 Å². The quantitative estimate of drug-likeness (QED) is 0.829. The van der Waals surface area contributed by atoms with Crippen LogP contribution in [0.4, 0.5) is 11.6 Å². The molecule has 0 radical (unpaired) electrons. The number of nitrogens with one attached hydrogen (secondary N) is 1. The molecule has 1 aromatic carbocycles. The second kappa shape index (κ2) is 6.60. The van der Waals surface area contributed by atoms with Gasteiger partial charge < -0.3 is 29.4 Å². The number of carboxylic acids is 1. The molecule has 144 valence electrons. The van der Waals surface area contributed by atoms with E-state index in [1.807, 2.05) is 12.1 Å². The van der Waals surface area contributed by atoms with Crippen molar-refractivity contribution >= 4 is 28.6 Å². The highest BCUT2D eigenvalue weighted by Gasteiger charge is 2.36. The summed E-state index contributed by atoms with van der Waals surface area (Å²) >= 11 is 0. The molecule has 2 N–H and O–H groups in total. The monoisotopic (exact) mass is 372 g/mol. The smallest absolute Gasteiger partial charge is 0.326 e. The van der Waals surface area contributed by atoms with E-state index in [-0.39, 0.29) is 5.92 Å². The molecule has 27 heavy (non-hydrogen) atoms. The number of hydrogen-bond donors (Lipinski definition) is 2. The van der Waals surface area contributed by atoms with Crippen molar-refractivity contribution in [1.82, 2.24) is 9.55 Å². The number of carbonyl (C=O) groups is 1. The normalized spacial score (nSPS) is 20.8. The Morgan fingerprint density at radius 2 is 2.04 bits per heavy atom. The van der Waals surface area contributed by atoms with Crippen molar-refractivity contribution in [2.75, 3.05) is 43.1 Å². The summed E-state index contributed by atoms with van der Waals surface area (Å²) in [6.07, 6.45) is 2.84. The van der Waals surface area contributed by atoms with Crippen LogP contribution in [0.1, 0.15) is 19.3 Å². The first-order chi connectivity index (χ1) is 13.2. The molecule has 3 heterocycles. The van der Waals surface area contributed by atoms with E-state index >= 15 is 0 Å². The number of anilines is 2. The molecular formula is C19H24N4O4. The summed E-state index contributed by atoms with van der Waals surface area (Å²) in [4.78, 5) is 18.8. The average molecular weight is 372 g/mol. The van der Waals surface area contributed by atoms with Gasteiger partial charge in [0.15, 0.2) is 0 Å². The first kappa shape index (κ1) is 16.7. The third kappa shape index (κ3) is 3.07. The lowest BCUT2D eigenvalue weighted by atomic mass is 10.1. The SMILES string of the molecule is O=C(O)[C@@H](Nc1cc2c3c(c1)nc(N1CCOCC1)n3CCCO2)C1CC1. The molecule has 1 saturated carbocycles. The molecule has 2 aliphatic heterocycles. The number of hydrogen-bond acceptors (Lipinski definition) is 6. The van der Waals surface area contributed by atoms with Crippen molar-refractivity contribution in [2.45, 2.75) is 31.8 Å². The first-order valence-electron chi connectivity index (χ1n) is 9.70. The lowest BCUT2D eigenvalue weighted by molar-refractivity contribution is -0.138. The fraction of sp³-hybridized carbons (Fsp3) is 0.579. The van der Waals surface area contributed by atoms with E-state index in [2.05, 4.69) is 14.8 Å². The minimum Gasteiger partial charge on any atom is -0.491 e. The predicted molar refractivity (Wildman–Crippen MR) is 101 cm³/mol. The number of aromatic nitrogens is 2. The molecule has 1 atom stereocenters. The Morgan fingerprint density at radius 3 is 2.78 bits per heavy atom. The maximum Gasteiger partial charge on any atom is 0.326 e. The molecule has 2 fully saturated rings. The van der Waals surface area contributed by atoms with E-state index in [1.165, 1.54) is 0 Å². The molecule has 0 bridgehead atoms. The summed E-state index contributed by atoms with van der Waals surface area (Å²) in [5.74, 6) is 1.14. The minimum atomic E-state index is -0.802. The van der Waals surface area contributed by atoms with E-state index in [9.17, 15) is 9.90 Å². The maximum absolute atomic E-state index is 11.6. The largest absolute Gasteiger partial charge is 0.491 e. The van der Waals surface area contributed by atoms with Crippen LogP contribution in [0.25, 0.3) is 11.0 Å². The van der Waals surface area contributed by atoms with Crippen LogP contribution in [-0.2, 0) is 16.1 Å². The Bertz CT molecular complexity index is 870. The van der Waals surface area contributed by atoms with Crippen LogP contribution in [0.2, 0.25) is 0 Å². The Kier molecular flexibility index (Phi) is 4.07. The molecule has 3 aliphatic rings. The second-order valence-corrected chi connectivity index (χ2v) is 7.50. The minimum absolute atomic E-state index is 0.208. The van der Waals surface area contributed by atoms with Crippen molar-refractivity contribution in [1.29, 1.82) is 0 Å². The van der Waals surface area contributed by atoms with E-state index in [0.29, 0.717) is 19.8 Å². The summed E-state index contributed by atoms with van der Waals surface area (Å²) in [7, 11) is 0. The fourth-order valence-electron chi connectivity index (χ4n) is 4.02. The van der Waals surface area contributed by atoms with Crippen LogP contribution in [0.3, 0.4) is 0 Å². The Balaban J connectivity index is 1.55. The number of morpholine rings is 1. The van der Waals surface area contributed by atoms with E-state index < -0.39 is 12.0 Å². The van der Waals surface area contributed by atoms with Gasteiger partial charge in [0.25, 0.3) is 0 Å². The van der Waals surface area contributed by atoms with Gasteiger partial charge in [0, 0.05) is 31.4 Å². The lowest BCUT2D eigenvalue weighted by Crippen LogP contribution is -2.38. The van der Waals surface area contributed by atoms with Gasteiger partial charge in [-0.1, -0.05) is 0 Å². The van der Waals surface area contributed by atoms with Gasteiger partial charge in [0.05, 0.1) is 25.3 Å². The maximum atomic E-state index is 11.6. The number of benzene rings is 1. The zero-order valence-corrected chi connectivity index (χ0v) is 15.2. The van der Waals surface area contributed by atoms with Gasteiger partial charge in [-0.25, -0.2) is 9.78 Å². The number of aliphatic carboxylic acids is 1. The molecule has 8 heteroatoms. The highest BCUT2D eigenvalue weighted by Crippen LogP contribution is 2.38. The van der Waals surface area contributed by atoms with E-state index in [0.717, 1.165) is 67.3 Å². The van der Waals surface area contributed by atoms with E-state index in [4.69, 9.17) is 14.5 Å². The fourth-order valence-corrected chi connectivity index (χ4v) is 4.02. The molecule has 0 amide bonds. The predicted octanol–water partition coefficient (Wildman–Crippen LogP) is 1.93. The Morgan fingerprint density at radius 1 is 1.22 bits per heavy atom. The molecule has 0 spiro atoms. The van der Waals surface area contributed by atoms with Gasteiger partial charge in [-0.2, -0.15) is 0 Å². The highest BCUT2D eigenvalue weighted by molar-refractivity contribution is 5.89. The van der Waals surface area contributed by atoms with Crippen LogP contribution >= 0.6 is 0 Å². The van der Waals surface area contributed by atoms with Crippen molar-refractivity contribution in [3.63, 3.8) is 0 Å². The number of nitrogens with zero attached hydrogens (tertiary/aromatic N) is 3. The summed E-state index contributed by atoms with van der Waals surface area (Å²) in [6, 6.07) is 3.32. The zero-order chi connectivity index (χ0) is 18.4. The average Bonchev–Trinajstić information content (AvgIpc) is 3.47. The Labute approximate surface area is 157 Å². The lowest BCUT2D eigenvalue weighted by Gasteiger charge is -2.28. The van der Waals surface area contributed by atoms with Crippen LogP contribution in [-0.4, -0.2) is 59.6 Å². The van der Waals surface area contributed by atoms with Crippen LogP contribution in [0, 0.1) is 5.92 Å². The van der Waals surface area contributed by atoms with Crippen LogP contribution in [0.15, 0.2) is 12.1 Å². The summed E-state index contributed by atoms with van der Waals surface area (Å²) in [5, 5.41) is 12.7. The molecule has 0 unspecified atom stereocenters. The number of imidazole rings is 1. The number of aryl methyl sites for hydroxylation is 1. The number of carboxylic acid groups (broad SMARTS) is 1. The van der Waals surface area contributed by atoms with Gasteiger partial charge in [0.1, 0.15) is 17.3 Å². The summed E-state index contributed by atoms with van der Waals surface area (Å²) < 4.78 is 13.7. The van der Waals surface area contributed by atoms with Gasteiger partial charge >= 0.3 is 5.97 Å². The van der Waals surface area contributed by atoms with Crippen LogP contribution in [0.5, 0.6) is 5.75 Å². The van der Waals surface area contributed by atoms with Gasteiger partial charge in [-0.05, 0) is 31.2 Å². The molecule has 2 aromatic rings. The molecule has 8 nitrogen and oxygen atoms in total. The van der Waals surface area contributed by atoms with Crippen molar-refractivity contribution in [3.8, 4) is 5.75 Å². The standard InChI is InChI=1S/C19H24N4O4/c24-18(25)16(12-2-3-12)20-13-10-14-17-15(11-13)27-7-1-4-23(17)19(21-14)22-5-8-26-9-6-22/h10-12,16,20H,1-9H2,(H,24,25)/t16-/m0/s1. The molecule has 1 aliphatic carbocycles. The Hall–Kier alpha value is -2.48. The zero-order valence-electron chi connectivity index (χ0n) is 15.2. The molecule has 1 aromatic heterocycles. The summed E-state index contributed by atoms with van der Waals surface area (Å²) in [5.41, 5.74) is 2.60.